The van der Waals surface area contributed by atoms with E-state index in [4.69, 9.17) is 15.1 Å². The van der Waals surface area contributed by atoms with Gasteiger partial charge in [0.25, 0.3) is 0 Å². The van der Waals surface area contributed by atoms with E-state index in [9.17, 15) is 4.39 Å². The molecule has 2 aliphatic rings. The molecule has 3 heterocycles. The molecule has 1 N–H and O–H groups in total. The molecule has 2 saturated heterocycles. The summed E-state index contributed by atoms with van der Waals surface area (Å²) in [5.41, 5.74) is 3.65. The number of anilines is 2. The molecular weight excluding hydrogens is 563 g/mol. The molecule has 6 nitrogen and oxygen atoms in total. The van der Waals surface area contributed by atoms with Gasteiger partial charge in [0.2, 0.25) is 0 Å². The molecule has 0 bridgehead atoms. The Kier molecular flexibility index (Phi) is 8.14. The van der Waals surface area contributed by atoms with Gasteiger partial charge in [0.1, 0.15) is 0 Å². The third-order valence-electron chi connectivity index (χ3n) is 7.22. The van der Waals surface area contributed by atoms with Crippen molar-refractivity contribution in [2.75, 3.05) is 37.0 Å². The first-order valence-electron chi connectivity index (χ1n) is 12.7. The van der Waals surface area contributed by atoms with Crippen LogP contribution in [0.2, 0.25) is 8.73 Å². The van der Waals surface area contributed by atoms with E-state index in [1.165, 1.54) is 39.4 Å². The van der Waals surface area contributed by atoms with Crippen LogP contribution in [0.15, 0.2) is 48.5 Å². The molecule has 5 rings (SSSR count). The van der Waals surface area contributed by atoms with Gasteiger partial charge in [-0.05, 0) is 12.8 Å². The molecule has 1 atom stereocenters. The minimum absolute atomic E-state index is 0.00639. The second kappa shape index (κ2) is 11.7. The molecule has 1 unspecified atom stereocenters. The molecule has 8 heteroatoms. The van der Waals surface area contributed by atoms with Crippen LogP contribution in [0.1, 0.15) is 31.2 Å². The van der Waals surface area contributed by atoms with Crippen LogP contribution in [-0.2, 0) is 4.74 Å². The van der Waals surface area contributed by atoms with Gasteiger partial charge < -0.3 is 4.74 Å². The van der Waals surface area contributed by atoms with Gasteiger partial charge in [0, 0.05) is 20.2 Å². The monoisotopic (exact) mass is 594 g/mol. The van der Waals surface area contributed by atoms with Crippen molar-refractivity contribution in [3.8, 4) is 23.0 Å². The summed E-state index contributed by atoms with van der Waals surface area (Å²) >= 11 is 0.00639. The van der Waals surface area contributed by atoms with Gasteiger partial charge in [-0.3, -0.25) is 0 Å². The summed E-state index contributed by atoms with van der Waals surface area (Å²) in [6, 6.07) is 17.1. The first-order valence-corrected chi connectivity index (χ1v) is 16.3. The molecule has 2 fully saturated rings. The van der Waals surface area contributed by atoms with E-state index in [1.54, 1.807) is 13.2 Å². The van der Waals surface area contributed by atoms with E-state index in [0.717, 1.165) is 55.6 Å². The summed E-state index contributed by atoms with van der Waals surface area (Å²) in [5.74, 6) is 1.02. The normalized spacial score (nSPS) is 18.7. The van der Waals surface area contributed by atoms with Crippen LogP contribution in [-0.4, -0.2) is 64.2 Å². The van der Waals surface area contributed by atoms with Crippen LogP contribution in [0.4, 0.5) is 15.9 Å². The minimum Gasteiger partial charge on any atom is -0.00898 e. The van der Waals surface area contributed by atoms with E-state index in [2.05, 4.69) is 34.5 Å². The topological polar surface area (TPSA) is 66.1 Å². The second-order valence-electron chi connectivity index (χ2n) is 9.59. The van der Waals surface area contributed by atoms with Crippen molar-refractivity contribution < 1.29 is 9.13 Å². The maximum absolute atomic E-state index is 14.5. The third-order valence-corrected chi connectivity index (χ3v) is 11.2. The number of benzene rings is 2. The van der Waals surface area contributed by atoms with Crippen molar-refractivity contribution in [3.63, 3.8) is 0 Å². The number of hydrogen-bond acceptors (Lipinski definition) is 5. The van der Waals surface area contributed by atoms with Crippen LogP contribution in [0.5, 0.6) is 0 Å². The smallest absolute Gasteiger partial charge is 0.00898 e. The fourth-order valence-corrected chi connectivity index (χ4v) is 8.67. The Morgan fingerprint density at radius 2 is 1.89 bits per heavy atom. The number of nitrogens with zero attached hydrogens (tertiary/aromatic N) is 4. The van der Waals surface area contributed by atoms with Gasteiger partial charge >= 0.3 is 174 Å². The van der Waals surface area contributed by atoms with E-state index < -0.39 is 5.82 Å². The zero-order valence-corrected chi connectivity index (χ0v) is 23.2. The van der Waals surface area contributed by atoms with E-state index in [0.29, 0.717) is 11.7 Å². The van der Waals surface area contributed by atoms with Crippen LogP contribution >= 0.6 is 0 Å². The molecule has 0 aliphatic carbocycles. The van der Waals surface area contributed by atoms with Crippen molar-refractivity contribution in [1.29, 1.82) is 5.26 Å². The summed E-state index contributed by atoms with van der Waals surface area (Å²) in [4.78, 5) is 2.39. The molecule has 2 aliphatic heterocycles. The average Bonchev–Trinajstić information content (AvgIpc) is 3.37. The molecule has 36 heavy (non-hydrogen) atoms. The number of aromatic nitrogens is 2. The SMILES string of the molecule is COC1CCN(c2ccc(-n3nc(NCC4CC[CH2][Sb][CH2]4)cc3-c3ccc(C#N)c(F)c3)cc2)CC1. The van der Waals surface area contributed by atoms with Gasteiger partial charge in [-0.2, -0.15) is 5.26 Å². The Morgan fingerprint density at radius 1 is 1.11 bits per heavy atom. The van der Waals surface area contributed by atoms with Crippen LogP contribution in [0, 0.1) is 23.1 Å². The Balaban J connectivity index is 1.41. The van der Waals surface area contributed by atoms with Crippen molar-refractivity contribution in [2.45, 2.75) is 40.5 Å². The van der Waals surface area contributed by atoms with Gasteiger partial charge in [-0.1, -0.05) is 0 Å². The zero-order chi connectivity index (χ0) is 24.9. The maximum atomic E-state index is 14.5. The quantitative estimate of drug-likeness (QED) is 0.365. The molecule has 1 aromatic heterocycles. The fraction of sp³-hybridized carbons (Fsp3) is 0.429. The number of halogens is 1. The Bertz CT molecular complexity index is 1210. The second-order valence-corrected chi connectivity index (χ2v) is 13.2. The summed E-state index contributed by atoms with van der Waals surface area (Å²) in [7, 11) is 1.79. The third kappa shape index (κ3) is 5.71. The summed E-state index contributed by atoms with van der Waals surface area (Å²) in [6.45, 7) is 2.89. The van der Waals surface area contributed by atoms with E-state index in [1.807, 2.05) is 16.8 Å². The summed E-state index contributed by atoms with van der Waals surface area (Å²) in [5, 5.41) is 17.6. The average molecular weight is 595 g/mol. The van der Waals surface area contributed by atoms with Gasteiger partial charge in [0.05, 0.1) is 6.10 Å². The number of nitrogens with one attached hydrogen (secondary N) is 1. The number of nitriles is 1. The van der Waals surface area contributed by atoms with Crippen molar-refractivity contribution in [2.24, 2.45) is 5.92 Å². The molecule has 0 amide bonds. The first-order chi connectivity index (χ1) is 17.6. The van der Waals surface area contributed by atoms with Crippen molar-refractivity contribution >= 4 is 33.1 Å². The van der Waals surface area contributed by atoms with Crippen molar-refractivity contribution in [1.82, 2.24) is 9.78 Å². The number of rotatable bonds is 7. The summed E-state index contributed by atoms with van der Waals surface area (Å²) in [6.07, 6.45) is 5.07. The largest absolute Gasteiger partial charge is 0.0202 e. The number of ether oxygens (including phenoxy) is 1. The maximum Gasteiger partial charge on any atom is 0.0202 e. The van der Waals surface area contributed by atoms with Gasteiger partial charge in [-0.25, -0.2) is 0 Å². The molecule has 3 aromatic rings. The van der Waals surface area contributed by atoms with Crippen LogP contribution in [0.25, 0.3) is 16.9 Å². The number of hydrogen-bond donors (Lipinski definition) is 1. The Hall–Kier alpha value is -2.55. The zero-order valence-electron chi connectivity index (χ0n) is 20.7. The molecule has 187 valence electrons. The molecule has 2 aromatic carbocycles. The molecule has 1 radical (unpaired) electrons. The van der Waals surface area contributed by atoms with Gasteiger partial charge in [0.15, 0.2) is 0 Å². The van der Waals surface area contributed by atoms with Crippen LogP contribution in [0.3, 0.4) is 0 Å². The van der Waals surface area contributed by atoms with E-state index >= 15 is 0 Å². The number of piperidine rings is 1. The Labute approximate surface area is 223 Å². The minimum atomic E-state index is -0.514. The molecular formula is C28H32FN5OSb. The summed E-state index contributed by atoms with van der Waals surface area (Å²) < 4.78 is 24.8. The number of methoxy groups -OCH3 is 1. The standard InChI is InChI=1S/C28H32FN5O.Sb/c1-4-5-20(2)19-31-28-17-27(21-6-7-22(18-30)26(29)16-21)34(32-28)24-10-8-23(9-11-24)33-14-12-25(35-3)13-15-33;/h6-11,16-17,20,25H,1-2,4-5,12-15,19H2,3H3,(H,31,32);. The Morgan fingerprint density at radius 3 is 2.56 bits per heavy atom. The first kappa shape index (κ1) is 25.1. The van der Waals surface area contributed by atoms with Gasteiger partial charge in [-0.15, -0.1) is 0 Å². The predicted molar refractivity (Wildman–Crippen MR) is 142 cm³/mol. The molecule has 0 saturated carbocycles. The van der Waals surface area contributed by atoms with E-state index in [-0.39, 0.29) is 27.2 Å². The predicted octanol–water partition coefficient (Wildman–Crippen LogP) is 5.53. The fourth-order valence-electron chi connectivity index (χ4n) is 5.06. The van der Waals surface area contributed by atoms with Crippen LogP contribution < -0.4 is 10.2 Å². The molecule has 0 spiro atoms. The van der Waals surface area contributed by atoms with Crippen molar-refractivity contribution in [3.05, 3.63) is 59.9 Å².